The first kappa shape index (κ1) is 19.6. The van der Waals surface area contributed by atoms with Crippen LogP contribution in [0.25, 0.3) is 0 Å². The maximum absolute atomic E-state index is 12.2. The molecule has 2 fully saturated rings. The lowest BCUT2D eigenvalue weighted by Gasteiger charge is -2.12. The normalized spacial score (nSPS) is 21.1. The van der Waals surface area contributed by atoms with Gasteiger partial charge in [-0.2, -0.15) is 0 Å². The van der Waals surface area contributed by atoms with Crippen LogP contribution in [0.15, 0.2) is 48.5 Å². The lowest BCUT2D eigenvalue weighted by atomic mass is 10.0. The molecule has 2 aliphatic rings. The summed E-state index contributed by atoms with van der Waals surface area (Å²) in [7, 11) is 0. The molecule has 2 amide bonds. The topological polar surface area (TPSA) is 82.3 Å². The Labute approximate surface area is 171 Å². The van der Waals surface area contributed by atoms with Crippen molar-refractivity contribution in [3.05, 3.63) is 59.7 Å². The van der Waals surface area contributed by atoms with Gasteiger partial charge in [0, 0.05) is 11.4 Å². The fraction of sp³-hybridized carbons (Fsp3) is 0.391. The molecule has 2 aliphatic heterocycles. The van der Waals surface area contributed by atoms with E-state index >= 15 is 0 Å². The average molecular weight is 393 g/mol. The average Bonchev–Trinajstić information content (AvgIpc) is 3.45. The predicted molar refractivity (Wildman–Crippen MR) is 115 cm³/mol. The predicted octanol–water partition coefficient (Wildman–Crippen LogP) is 2.66. The minimum absolute atomic E-state index is 0.0423. The Morgan fingerprint density at radius 1 is 0.724 bits per heavy atom. The molecule has 29 heavy (non-hydrogen) atoms. The second-order valence-electron chi connectivity index (χ2n) is 7.85. The van der Waals surface area contributed by atoms with Crippen LogP contribution in [0.2, 0.25) is 0 Å². The highest BCUT2D eigenvalue weighted by Crippen LogP contribution is 2.17. The third kappa shape index (κ3) is 5.22. The molecule has 0 aromatic heterocycles. The third-order valence-electron chi connectivity index (χ3n) is 5.60. The van der Waals surface area contributed by atoms with Crippen molar-refractivity contribution in [2.24, 2.45) is 0 Å². The number of carbonyl (C=O) groups is 2. The van der Waals surface area contributed by atoms with Gasteiger partial charge in [0.1, 0.15) is 0 Å². The summed E-state index contributed by atoms with van der Waals surface area (Å²) < 4.78 is 0. The largest absolute Gasteiger partial charge is 0.325 e. The van der Waals surface area contributed by atoms with Crippen molar-refractivity contribution in [3.63, 3.8) is 0 Å². The van der Waals surface area contributed by atoms with E-state index in [4.69, 9.17) is 0 Å². The molecule has 6 heteroatoms. The smallest absolute Gasteiger partial charge is 0.241 e. The quantitative estimate of drug-likeness (QED) is 0.609. The van der Waals surface area contributed by atoms with Crippen molar-refractivity contribution in [2.75, 3.05) is 23.7 Å². The first-order valence-electron chi connectivity index (χ1n) is 10.4. The molecule has 2 aromatic carbocycles. The lowest BCUT2D eigenvalue weighted by molar-refractivity contribution is -0.118. The minimum Gasteiger partial charge on any atom is -0.325 e. The molecule has 152 valence electrons. The Morgan fingerprint density at radius 3 is 1.48 bits per heavy atom. The highest BCUT2D eigenvalue weighted by Gasteiger charge is 2.22. The van der Waals surface area contributed by atoms with Gasteiger partial charge in [-0.15, -0.1) is 0 Å². The fourth-order valence-corrected chi connectivity index (χ4v) is 3.92. The second kappa shape index (κ2) is 9.20. The summed E-state index contributed by atoms with van der Waals surface area (Å²) in [6, 6.07) is 15.8. The van der Waals surface area contributed by atoms with Crippen molar-refractivity contribution in [2.45, 2.75) is 44.2 Å². The summed E-state index contributed by atoms with van der Waals surface area (Å²) in [4.78, 5) is 24.4. The zero-order valence-electron chi connectivity index (χ0n) is 16.5. The number of carbonyl (C=O) groups excluding carboxylic acids is 2. The van der Waals surface area contributed by atoms with Crippen LogP contribution >= 0.6 is 0 Å². The zero-order chi connectivity index (χ0) is 20.1. The first-order chi connectivity index (χ1) is 14.2. The first-order valence-corrected chi connectivity index (χ1v) is 10.4. The molecule has 4 rings (SSSR count). The molecule has 0 unspecified atom stereocenters. The standard InChI is InChI=1S/C23H28N4O2/c28-22(20-3-1-13-24-20)26-18-9-5-16(6-10-18)15-17-7-11-19(12-8-17)27-23(29)21-4-2-14-25-21/h5-12,20-21,24-25H,1-4,13-15H2,(H,26,28)(H,27,29)/t20-,21-/m0/s1. The summed E-state index contributed by atoms with van der Waals surface area (Å²) in [5.74, 6) is 0.0846. The summed E-state index contributed by atoms with van der Waals surface area (Å²) in [5, 5.41) is 12.4. The lowest BCUT2D eigenvalue weighted by Crippen LogP contribution is -2.35. The number of rotatable bonds is 6. The van der Waals surface area contributed by atoms with Gasteiger partial charge in [-0.05, 0) is 80.6 Å². The van der Waals surface area contributed by atoms with E-state index in [-0.39, 0.29) is 23.9 Å². The van der Waals surface area contributed by atoms with Crippen molar-refractivity contribution in [1.29, 1.82) is 0 Å². The number of amides is 2. The van der Waals surface area contributed by atoms with Crippen LogP contribution in [-0.4, -0.2) is 37.0 Å². The summed E-state index contributed by atoms with van der Waals surface area (Å²) in [5.41, 5.74) is 4.00. The van der Waals surface area contributed by atoms with Crippen LogP contribution in [0.3, 0.4) is 0 Å². The number of benzene rings is 2. The van der Waals surface area contributed by atoms with Crippen LogP contribution in [0.1, 0.15) is 36.8 Å². The van der Waals surface area contributed by atoms with Gasteiger partial charge in [0.05, 0.1) is 12.1 Å². The Balaban J connectivity index is 1.29. The zero-order valence-corrected chi connectivity index (χ0v) is 16.5. The van der Waals surface area contributed by atoms with Gasteiger partial charge in [-0.3, -0.25) is 9.59 Å². The minimum atomic E-state index is -0.0712. The Hall–Kier alpha value is -2.70. The Morgan fingerprint density at radius 2 is 1.14 bits per heavy atom. The fourth-order valence-electron chi connectivity index (χ4n) is 3.92. The second-order valence-corrected chi connectivity index (χ2v) is 7.85. The third-order valence-corrected chi connectivity index (χ3v) is 5.60. The molecule has 0 radical (unpaired) electrons. The highest BCUT2D eigenvalue weighted by molar-refractivity contribution is 5.95. The van der Waals surface area contributed by atoms with Gasteiger partial charge in [0.2, 0.25) is 11.8 Å². The molecule has 0 saturated carbocycles. The molecule has 0 bridgehead atoms. The van der Waals surface area contributed by atoms with E-state index in [9.17, 15) is 9.59 Å². The van der Waals surface area contributed by atoms with Gasteiger partial charge in [0.15, 0.2) is 0 Å². The number of hydrogen-bond donors (Lipinski definition) is 4. The molecule has 2 aromatic rings. The molecule has 0 spiro atoms. The van der Waals surface area contributed by atoms with E-state index in [1.807, 2.05) is 48.5 Å². The van der Waals surface area contributed by atoms with Crippen LogP contribution in [0.5, 0.6) is 0 Å². The van der Waals surface area contributed by atoms with Crippen LogP contribution in [0, 0.1) is 0 Å². The number of hydrogen-bond acceptors (Lipinski definition) is 4. The van der Waals surface area contributed by atoms with Crippen molar-refractivity contribution < 1.29 is 9.59 Å². The molecular weight excluding hydrogens is 364 g/mol. The summed E-state index contributed by atoms with van der Waals surface area (Å²) >= 11 is 0. The van der Waals surface area contributed by atoms with E-state index in [1.54, 1.807) is 0 Å². The van der Waals surface area contributed by atoms with E-state index in [0.717, 1.165) is 56.6 Å². The summed E-state index contributed by atoms with van der Waals surface area (Å²) in [6.07, 6.45) is 4.71. The molecular formula is C23H28N4O2. The Bertz CT molecular complexity index is 765. The van der Waals surface area contributed by atoms with Crippen LogP contribution in [0.4, 0.5) is 11.4 Å². The van der Waals surface area contributed by atoms with Gasteiger partial charge >= 0.3 is 0 Å². The van der Waals surface area contributed by atoms with Crippen LogP contribution in [-0.2, 0) is 16.0 Å². The van der Waals surface area contributed by atoms with Gasteiger partial charge < -0.3 is 21.3 Å². The van der Waals surface area contributed by atoms with E-state index < -0.39 is 0 Å². The molecule has 2 saturated heterocycles. The van der Waals surface area contributed by atoms with Gasteiger partial charge in [-0.1, -0.05) is 24.3 Å². The SMILES string of the molecule is O=C(Nc1ccc(Cc2ccc(NC(=O)[C@@H]3CCCN3)cc2)cc1)[C@@H]1CCCN1. The molecule has 4 N–H and O–H groups in total. The molecule has 2 atom stereocenters. The molecule has 2 heterocycles. The Kier molecular flexibility index (Phi) is 6.22. The van der Waals surface area contributed by atoms with E-state index in [1.165, 1.54) is 11.1 Å². The van der Waals surface area contributed by atoms with Crippen molar-refractivity contribution >= 4 is 23.2 Å². The maximum atomic E-state index is 12.2. The van der Waals surface area contributed by atoms with Gasteiger partial charge in [-0.25, -0.2) is 0 Å². The van der Waals surface area contributed by atoms with Crippen molar-refractivity contribution in [1.82, 2.24) is 10.6 Å². The monoisotopic (exact) mass is 392 g/mol. The highest BCUT2D eigenvalue weighted by atomic mass is 16.2. The maximum Gasteiger partial charge on any atom is 0.241 e. The van der Waals surface area contributed by atoms with Crippen molar-refractivity contribution in [3.8, 4) is 0 Å². The van der Waals surface area contributed by atoms with Crippen LogP contribution < -0.4 is 21.3 Å². The number of anilines is 2. The van der Waals surface area contributed by atoms with E-state index in [0.29, 0.717) is 0 Å². The molecule has 6 nitrogen and oxygen atoms in total. The number of nitrogens with one attached hydrogen (secondary N) is 4. The molecule has 0 aliphatic carbocycles. The van der Waals surface area contributed by atoms with E-state index in [2.05, 4.69) is 21.3 Å². The summed E-state index contributed by atoms with van der Waals surface area (Å²) in [6.45, 7) is 1.83. The van der Waals surface area contributed by atoms with Gasteiger partial charge in [0.25, 0.3) is 0 Å².